The predicted molar refractivity (Wildman–Crippen MR) is 75.7 cm³/mol. The molecule has 0 unspecified atom stereocenters. The Labute approximate surface area is 118 Å². The molecule has 106 valence electrons. The lowest BCUT2D eigenvalue weighted by molar-refractivity contribution is 0.222. The standard InChI is InChI=1S/C14H19N5O/c1-18-14(15-16-17-18)19-9-7-12(8-10-19)11-20-13-5-3-2-4-6-13/h2-6,12H,7-11H2,1H3. The van der Waals surface area contributed by atoms with Crippen molar-refractivity contribution in [2.45, 2.75) is 12.8 Å². The Hall–Kier alpha value is -2.11. The molecule has 0 aliphatic carbocycles. The maximum atomic E-state index is 5.83. The van der Waals surface area contributed by atoms with Crippen LogP contribution in [0.4, 0.5) is 5.95 Å². The molecule has 0 bridgehead atoms. The van der Waals surface area contributed by atoms with E-state index in [0.717, 1.165) is 44.2 Å². The molecule has 0 N–H and O–H groups in total. The Kier molecular flexibility index (Phi) is 3.80. The quantitative estimate of drug-likeness (QED) is 0.845. The van der Waals surface area contributed by atoms with Crippen LogP contribution in [-0.2, 0) is 7.05 Å². The number of piperidine rings is 1. The summed E-state index contributed by atoms with van der Waals surface area (Å²) in [7, 11) is 1.87. The van der Waals surface area contributed by atoms with Gasteiger partial charge in [0.25, 0.3) is 0 Å². The third kappa shape index (κ3) is 2.89. The average Bonchev–Trinajstić information content (AvgIpc) is 2.93. The highest BCUT2D eigenvalue weighted by molar-refractivity contribution is 5.28. The highest BCUT2D eigenvalue weighted by Crippen LogP contribution is 2.22. The Balaban J connectivity index is 1.48. The number of hydrogen-bond donors (Lipinski definition) is 0. The van der Waals surface area contributed by atoms with Gasteiger partial charge in [-0.1, -0.05) is 23.3 Å². The molecule has 1 aliphatic heterocycles. The highest BCUT2D eigenvalue weighted by atomic mass is 16.5. The van der Waals surface area contributed by atoms with Gasteiger partial charge < -0.3 is 9.64 Å². The van der Waals surface area contributed by atoms with Crippen LogP contribution in [0.3, 0.4) is 0 Å². The number of nitrogens with zero attached hydrogens (tertiary/aromatic N) is 5. The minimum absolute atomic E-state index is 0.604. The maximum Gasteiger partial charge on any atom is 0.245 e. The number of rotatable bonds is 4. The molecule has 2 aromatic rings. The molecule has 6 heteroatoms. The molecule has 0 atom stereocenters. The number of ether oxygens (including phenoxy) is 1. The van der Waals surface area contributed by atoms with E-state index in [9.17, 15) is 0 Å². The van der Waals surface area contributed by atoms with Gasteiger partial charge in [0.1, 0.15) is 5.75 Å². The number of aromatic nitrogens is 4. The van der Waals surface area contributed by atoms with Crippen molar-refractivity contribution in [2.24, 2.45) is 13.0 Å². The number of tetrazole rings is 1. The van der Waals surface area contributed by atoms with Crippen LogP contribution in [0.1, 0.15) is 12.8 Å². The van der Waals surface area contributed by atoms with E-state index >= 15 is 0 Å². The number of benzene rings is 1. The van der Waals surface area contributed by atoms with Crippen LogP contribution in [0, 0.1) is 5.92 Å². The van der Waals surface area contributed by atoms with E-state index in [4.69, 9.17) is 4.74 Å². The third-order valence-electron chi connectivity index (χ3n) is 3.72. The van der Waals surface area contributed by atoms with Crippen molar-refractivity contribution in [2.75, 3.05) is 24.6 Å². The van der Waals surface area contributed by atoms with Crippen molar-refractivity contribution in [3.8, 4) is 5.75 Å². The molecule has 0 amide bonds. The van der Waals surface area contributed by atoms with E-state index < -0.39 is 0 Å². The van der Waals surface area contributed by atoms with Crippen molar-refractivity contribution in [1.82, 2.24) is 20.2 Å². The first-order chi connectivity index (χ1) is 9.83. The smallest absolute Gasteiger partial charge is 0.245 e. The van der Waals surface area contributed by atoms with Gasteiger partial charge in [-0.05, 0) is 41.3 Å². The summed E-state index contributed by atoms with van der Waals surface area (Å²) in [5.41, 5.74) is 0. The fourth-order valence-electron chi connectivity index (χ4n) is 2.52. The van der Waals surface area contributed by atoms with Gasteiger partial charge in [-0.3, -0.25) is 0 Å². The van der Waals surface area contributed by atoms with Crippen molar-refractivity contribution in [3.05, 3.63) is 30.3 Å². The van der Waals surface area contributed by atoms with E-state index in [1.54, 1.807) is 4.68 Å². The van der Waals surface area contributed by atoms with Crippen LogP contribution >= 0.6 is 0 Å². The molecular weight excluding hydrogens is 254 g/mol. The molecule has 2 heterocycles. The van der Waals surface area contributed by atoms with Crippen molar-refractivity contribution in [3.63, 3.8) is 0 Å². The van der Waals surface area contributed by atoms with Gasteiger partial charge in [0, 0.05) is 20.1 Å². The first-order valence-corrected chi connectivity index (χ1v) is 6.98. The molecule has 0 saturated carbocycles. The molecule has 1 aromatic carbocycles. The summed E-state index contributed by atoms with van der Waals surface area (Å²) in [4.78, 5) is 2.24. The van der Waals surface area contributed by atoms with Crippen LogP contribution in [-0.4, -0.2) is 39.9 Å². The summed E-state index contributed by atoms with van der Waals surface area (Å²) >= 11 is 0. The average molecular weight is 273 g/mol. The van der Waals surface area contributed by atoms with Gasteiger partial charge in [-0.15, -0.1) is 0 Å². The van der Waals surface area contributed by atoms with Crippen molar-refractivity contribution in [1.29, 1.82) is 0 Å². The van der Waals surface area contributed by atoms with E-state index in [1.807, 2.05) is 37.4 Å². The molecule has 1 aromatic heterocycles. The van der Waals surface area contributed by atoms with Crippen LogP contribution in [0.25, 0.3) is 0 Å². The van der Waals surface area contributed by atoms with Crippen LogP contribution in [0.15, 0.2) is 30.3 Å². The lowest BCUT2D eigenvalue weighted by atomic mass is 9.98. The lowest BCUT2D eigenvalue weighted by Crippen LogP contribution is -2.37. The molecule has 1 saturated heterocycles. The van der Waals surface area contributed by atoms with Gasteiger partial charge in [0.15, 0.2) is 0 Å². The molecule has 6 nitrogen and oxygen atoms in total. The Morgan fingerprint density at radius 3 is 2.60 bits per heavy atom. The second kappa shape index (κ2) is 5.90. The summed E-state index contributed by atoms with van der Waals surface area (Å²) in [6.45, 7) is 2.75. The normalized spacial score (nSPS) is 16.4. The largest absolute Gasteiger partial charge is 0.493 e. The zero-order valence-corrected chi connectivity index (χ0v) is 11.6. The summed E-state index contributed by atoms with van der Waals surface area (Å²) in [6, 6.07) is 10.00. The summed E-state index contributed by atoms with van der Waals surface area (Å²) in [6.07, 6.45) is 2.22. The van der Waals surface area contributed by atoms with E-state index in [1.165, 1.54) is 0 Å². The Morgan fingerprint density at radius 1 is 1.20 bits per heavy atom. The molecule has 1 aliphatic rings. The minimum Gasteiger partial charge on any atom is -0.493 e. The van der Waals surface area contributed by atoms with E-state index in [0.29, 0.717) is 5.92 Å². The molecule has 20 heavy (non-hydrogen) atoms. The van der Waals surface area contributed by atoms with Crippen LogP contribution in [0.5, 0.6) is 5.75 Å². The van der Waals surface area contributed by atoms with Crippen molar-refractivity contribution >= 4 is 5.95 Å². The minimum atomic E-state index is 0.604. The second-order valence-corrected chi connectivity index (χ2v) is 5.16. The van der Waals surface area contributed by atoms with Gasteiger partial charge in [-0.25, -0.2) is 4.68 Å². The summed E-state index contributed by atoms with van der Waals surface area (Å²) in [5, 5.41) is 11.6. The molecular formula is C14H19N5O. The van der Waals surface area contributed by atoms with Crippen LogP contribution in [0.2, 0.25) is 0 Å². The van der Waals surface area contributed by atoms with Gasteiger partial charge in [0.2, 0.25) is 5.95 Å². The monoisotopic (exact) mass is 273 g/mol. The Bertz CT molecular complexity index is 534. The fraction of sp³-hybridized carbons (Fsp3) is 0.500. The lowest BCUT2D eigenvalue weighted by Gasteiger charge is -2.31. The van der Waals surface area contributed by atoms with Crippen LogP contribution < -0.4 is 9.64 Å². The topological polar surface area (TPSA) is 56.1 Å². The molecule has 3 rings (SSSR count). The number of para-hydroxylation sites is 1. The van der Waals surface area contributed by atoms with E-state index in [2.05, 4.69) is 20.4 Å². The summed E-state index contributed by atoms with van der Waals surface area (Å²) in [5.74, 6) is 2.41. The SMILES string of the molecule is Cn1nnnc1N1CCC(COc2ccccc2)CC1. The second-order valence-electron chi connectivity index (χ2n) is 5.16. The van der Waals surface area contributed by atoms with E-state index in [-0.39, 0.29) is 0 Å². The van der Waals surface area contributed by atoms with Gasteiger partial charge in [-0.2, -0.15) is 0 Å². The zero-order chi connectivity index (χ0) is 13.8. The predicted octanol–water partition coefficient (Wildman–Crippen LogP) is 1.51. The zero-order valence-electron chi connectivity index (χ0n) is 11.6. The molecule has 1 fully saturated rings. The number of aryl methyl sites for hydroxylation is 1. The Morgan fingerprint density at radius 2 is 1.95 bits per heavy atom. The first-order valence-electron chi connectivity index (χ1n) is 6.98. The van der Waals surface area contributed by atoms with Crippen molar-refractivity contribution < 1.29 is 4.74 Å². The van der Waals surface area contributed by atoms with Gasteiger partial charge >= 0.3 is 0 Å². The maximum absolute atomic E-state index is 5.83. The third-order valence-corrected chi connectivity index (χ3v) is 3.72. The first kappa shape index (κ1) is 12.9. The summed E-state index contributed by atoms with van der Waals surface area (Å²) < 4.78 is 7.55. The molecule has 0 radical (unpaired) electrons. The van der Waals surface area contributed by atoms with Gasteiger partial charge in [0.05, 0.1) is 6.61 Å². The number of anilines is 1. The number of hydrogen-bond acceptors (Lipinski definition) is 5. The highest BCUT2D eigenvalue weighted by Gasteiger charge is 2.22. The fourth-order valence-corrected chi connectivity index (χ4v) is 2.52. The molecule has 0 spiro atoms.